The number of halogens is 2. The lowest BCUT2D eigenvalue weighted by Crippen LogP contribution is -2.17. The summed E-state index contributed by atoms with van der Waals surface area (Å²) in [6.07, 6.45) is 0. The lowest BCUT2D eigenvalue weighted by molar-refractivity contribution is -0.384. The molecule has 2 aromatic rings. The summed E-state index contributed by atoms with van der Waals surface area (Å²) in [6.45, 7) is 0.614. The maximum absolute atomic E-state index is 11.2. The van der Waals surface area contributed by atoms with E-state index in [9.17, 15) is 10.1 Å². The van der Waals surface area contributed by atoms with Crippen LogP contribution in [0.15, 0.2) is 33.4 Å². The monoisotopic (exact) mass is 374 g/mol. The molecular weight excluding hydrogens is 364 g/mol. The molecule has 0 N–H and O–H groups in total. The van der Waals surface area contributed by atoms with Gasteiger partial charge in [-0.3, -0.25) is 10.1 Å². The van der Waals surface area contributed by atoms with Crippen LogP contribution in [0.3, 0.4) is 0 Å². The van der Waals surface area contributed by atoms with Gasteiger partial charge in [0.05, 0.1) is 8.71 Å². The Morgan fingerprint density at radius 1 is 1.40 bits per heavy atom. The molecule has 4 nitrogen and oxygen atoms in total. The third-order valence-electron chi connectivity index (χ3n) is 2.84. The quantitative estimate of drug-likeness (QED) is 0.428. The molecule has 1 heterocycles. The number of rotatable bonds is 5. The summed E-state index contributed by atoms with van der Waals surface area (Å²) in [5.74, 6) is 0.266. The van der Waals surface area contributed by atoms with Crippen molar-refractivity contribution in [3.05, 3.63) is 54.7 Å². The van der Waals surface area contributed by atoms with Gasteiger partial charge in [0.15, 0.2) is 0 Å². The molecule has 1 aromatic heterocycles. The fourth-order valence-electron chi connectivity index (χ4n) is 1.91. The van der Waals surface area contributed by atoms with Gasteiger partial charge in [0.2, 0.25) is 0 Å². The molecule has 0 fully saturated rings. The Bertz CT molecular complexity index is 633. The number of nitro groups is 1. The fourth-order valence-corrected chi connectivity index (χ4v) is 3.28. The maximum atomic E-state index is 11.2. The molecule has 0 aliphatic carbocycles. The highest BCUT2D eigenvalue weighted by Gasteiger charge is 2.18. The molecule has 0 bridgehead atoms. The maximum Gasteiger partial charge on any atom is 0.292 e. The highest BCUT2D eigenvalue weighted by atomic mass is 79.9. The Morgan fingerprint density at radius 3 is 2.70 bits per heavy atom. The number of hydrogen-bond donors (Lipinski definition) is 0. The summed E-state index contributed by atoms with van der Waals surface area (Å²) in [5, 5.41) is 13.2. The topological polar surface area (TPSA) is 46.4 Å². The van der Waals surface area contributed by atoms with Crippen LogP contribution in [0.2, 0.25) is 0 Å². The van der Waals surface area contributed by atoms with Crippen molar-refractivity contribution in [3.8, 4) is 0 Å². The van der Waals surface area contributed by atoms with Crippen LogP contribution in [0.4, 0.5) is 11.4 Å². The Hall–Kier alpha value is -1.11. The predicted octanol–water partition coefficient (Wildman–Crippen LogP) is 4.79. The minimum Gasteiger partial charge on any atom is -0.365 e. The highest BCUT2D eigenvalue weighted by molar-refractivity contribution is 9.11. The van der Waals surface area contributed by atoms with Crippen LogP contribution in [-0.4, -0.2) is 12.0 Å². The molecule has 0 saturated heterocycles. The molecular formula is C13H12BrClN2O2S. The van der Waals surface area contributed by atoms with Gasteiger partial charge in [-0.1, -0.05) is 6.07 Å². The van der Waals surface area contributed by atoms with Crippen molar-refractivity contribution < 1.29 is 4.92 Å². The summed E-state index contributed by atoms with van der Waals surface area (Å²) >= 11 is 10.7. The van der Waals surface area contributed by atoms with Crippen LogP contribution in [0, 0.1) is 10.1 Å². The van der Waals surface area contributed by atoms with E-state index < -0.39 is 0 Å². The van der Waals surface area contributed by atoms with Gasteiger partial charge in [0.1, 0.15) is 5.69 Å². The molecule has 106 valence electrons. The van der Waals surface area contributed by atoms with Gasteiger partial charge in [0, 0.05) is 25.5 Å². The molecule has 0 spiro atoms. The number of benzene rings is 1. The third kappa shape index (κ3) is 3.50. The Morgan fingerprint density at radius 2 is 2.15 bits per heavy atom. The number of alkyl halides is 1. The van der Waals surface area contributed by atoms with Crippen LogP contribution in [0.1, 0.15) is 11.1 Å². The average molecular weight is 376 g/mol. The molecule has 0 aliphatic heterocycles. The van der Waals surface area contributed by atoms with Crippen molar-refractivity contribution >= 4 is 50.2 Å². The number of nitrogens with zero attached hydrogens (tertiary/aromatic N) is 2. The molecule has 0 radical (unpaired) electrons. The first kappa shape index (κ1) is 15.3. The zero-order valence-electron chi connectivity index (χ0n) is 10.7. The summed E-state index contributed by atoms with van der Waals surface area (Å²) in [7, 11) is 1.84. The smallest absolute Gasteiger partial charge is 0.292 e. The van der Waals surface area contributed by atoms with E-state index in [1.54, 1.807) is 17.4 Å². The molecule has 0 atom stereocenters. The second-order valence-electron chi connectivity index (χ2n) is 4.33. The van der Waals surface area contributed by atoms with E-state index in [2.05, 4.69) is 15.9 Å². The summed E-state index contributed by atoms with van der Waals surface area (Å²) < 4.78 is 1.05. The molecule has 0 saturated carbocycles. The van der Waals surface area contributed by atoms with Crippen LogP contribution in [0.25, 0.3) is 0 Å². The molecule has 2 rings (SSSR count). The molecule has 0 aliphatic rings. The Labute approximate surface area is 134 Å². The van der Waals surface area contributed by atoms with Crippen molar-refractivity contribution in [1.82, 2.24) is 0 Å². The minimum absolute atomic E-state index is 0.0833. The summed E-state index contributed by atoms with van der Waals surface area (Å²) in [5.41, 5.74) is 2.53. The molecule has 0 unspecified atom stereocenters. The lowest BCUT2D eigenvalue weighted by atomic mass is 10.1. The zero-order valence-corrected chi connectivity index (χ0v) is 13.8. The first-order valence-corrected chi connectivity index (χ1v) is 7.99. The van der Waals surface area contributed by atoms with Crippen LogP contribution in [-0.2, 0) is 12.4 Å². The van der Waals surface area contributed by atoms with Gasteiger partial charge < -0.3 is 4.90 Å². The fraction of sp³-hybridized carbons (Fsp3) is 0.231. The van der Waals surface area contributed by atoms with Gasteiger partial charge in [-0.15, -0.1) is 22.9 Å². The third-order valence-corrected chi connectivity index (χ3v) is 4.71. The van der Waals surface area contributed by atoms with Crippen LogP contribution in [0.5, 0.6) is 0 Å². The van der Waals surface area contributed by atoms with Crippen molar-refractivity contribution in [1.29, 1.82) is 0 Å². The van der Waals surface area contributed by atoms with E-state index in [0.29, 0.717) is 12.2 Å². The normalized spacial score (nSPS) is 10.6. The van der Waals surface area contributed by atoms with Crippen molar-refractivity contribution in [3.63, 3.8) is 0 Å². The summed E-state index contributed by atoms with van der Waals surface area (Å²) in [4.78, 5) is 12.7. The van der Waals surface area contributed by atoms with Crippen molar-refractivity contribution in [2.24, 2.45) is 0 Å². The van der Waals surface area contributed by atoms with E-state index in [1.165, 1.54) is 6.07 Å². The standard InChI is InChI=1S/C13H12BrClN2O2S/c1-16(7-10-5-13(14)20-8-10)11-3-2-9(6-15)4-12(11)17(18)19/h2-5,8H,6-7H2,1H3. The number of thiophene rings is 1. The second-order valence-corrected chi connectivity index (χ2v) is 6.89. The van der Waals surface area contributed by atoms with Gasteiger partial charge in [0.25, 0.3) is 5.69 Å². The first-order valence-electron chi connectivity index (χ1n) is 5.78. The number of nitro benzene ring substituents is 1. The summed E-state index contributed by atoms with van der Waals surface area (Å²) in [6, 6.07) is 7.11. The highest BCUT2D eigenvalue weighted by Crippen LogP contribution is 2.31. The second kappa shape index (κ2) is 6.56. The lowest BCUT2D eigenvalue weighted by Gasteiger charge is -2.18. The van der Waals surface area contributed by atoms with Gasteiger partial charge in [-0.25, -0.2) is 0 Å². The van der Waals surface area contributed by atoms with Gasteiger partial charge in [-0.05, 0) is 44.6 Å². The largest absolute Gasteiger partial charge is 0.365 e. The number of hydrogen-bond acceptors (Lipinski definition) is 4. The van der Waals surface area contributed by atoms with E-state index in [1.807, 2.05) is 29.5 Å². The SMILES string of the molecule is CN(Cc1csc(Br)c1)c1ccc(CCl)cc1[N+](=O)[O-]. The average Bonchev–Trinajstić information content (AvgIpc) is 2.83. The first-order chi connectivity index (χ1) is 9.51. The minimum atomic E-state index is -0.370. The zero-order chi connectivity index (χ0) is 14.7. The van der Waals surface area contributed by atoms with Gasteiger partial charge in [-0.2, -0.15) is 0 Å². The van der Waals surface area contributed by atoms with Crippen molar-refractivity contribution in [2.75, 3.05) is 11.9 Å². The van der Waals surface area contributed by atoms with Crippen LogP contribution >= 0.6 is 38.9 Å². The van der Waals surface area contributed by atoms with Gasteiger partial charge >= 0.3 is 0 Å². The Balaban J connectivity index is 2.28. The van der Waals surface area contributed by atoms with Crippen molar-refractivity contribution in [2.45, 2.75) is 12.4 Å². The molecule has 1 aromatic carbocycles. The van der Waals surface area contributed by atoms with E-state index >= 15 is 0 Å². The number of anilines is 1. The molecule has 0 amide bonds. The molecule has 20 heavy (non-hydrogen) atoms. The van der Waals surface area contributed by atoms with Crippen LogP contribution < -0.4 is 4.90 Å². The predicted molar refractivity (Wildman–Crippen MR) is 86.8 cm³/mol. The van der Waals surface area contributed by atoms with E-state index in [4.69, 9.17) is 11.6 Å². The Kier molecular flexibility index (Phi) is 5.01. The molecule has 7 heteroatoms. The van der Waals surface area contributed by atoms with E-state index in [0.717, 1.165) is 14.9 Å². The van der Waals surface area contributed by atoms with E-state index in [-0.39, 0.29) is 16.5 Å².